The number of nitrogens with one attached hydrogen (secondary N) is 1. The van der Waals surface area contributed by atoms with E-state index in [0.29, 0.717) is 18.9 Å². The van der Waals surface area contributed by atoms with Crippen LogP contribution in [0.2, 0.25) is 0 Å². The third kappa shape index (κ3) is 4.77. The lowest BCUT2D eigenvalue weighted by Crippen LogP contribution is -2.39. The summed E-state index contributed by atoms with van der Waals surface area (Å²) in [5.74, 6) is 0.470. The van der Waals surface area contributed by atoms with Gasteiger partial charge in [-0.05, 0) is 31.7 Å². The van der Waals surface area contributed by atoms with Gasteiger partial charge < -0.3 is 5.32 Å². The van der Waals surface area contributed by atoms with Crippen LogP contribution >= 0.6 is 0 Å². The van der Waals surface area contributed by atoms with Gasteiger partial charge in [-0.25, -0.2) is 0 Å². The molecule has 0 unspecified atom stereocenters. The summed E-state index contributed by atoms with van der Waals surface area (Å²) in [4.78, 5) is 18.8. The predicted molar refractivity (Wildman–Crippen MR) is 102 cm³/mol. The number of rotatable bonds is 7. The first-order chi connectivity index (χ1) is 12.6. The van der Waals surface area contributed by atoms with Crippen molar-refractivity contribution >= 4 is 11.7 Å². The van der Waals surface area contributed by atoms with Crippen molar-refractivity contribution in [2.75, 3.05) is 12.4 Å². The van der Waals surface area contributed by atoms with Crippen LogP contribution < -0.4 is 5.32 Å². The molecule has 3 aromatic rings. The molecule has 0 bridgehead atoms. The molecule has 0 aliphatic heterocycles. The highest BCUT2D eigenvalue weighted by Crippen LogP contribution is 2.09. The molecule has 1 atom stereocenters. The van der Waals surface area contributed by atoms with Crippen LogP contribution in [0.25, 0.3) is 0 Å². The van der Waals surface area contributed by atoms with Gasteiger partial charge in [0.25, 0.3) is 0 Å². The fraction of sp³-hybridized carbons (Fsp3) is 0.250. The topological polar surface area (TPSA) is 63.1 Å². The zero-order valence-corrected chi connectivity index (χ0v) is 15.0. The molecule has 3 rings (SSSR count). The van der Waals surface area contributed by atoms with E-state index in [9.17, 15) is 4.79 Å². The van der Waals surface area contributed by atoms with Gasteiger partial charge in [0, 0.05) is 25.0 Å². The van der Waals surface area contributed by atoms with Crippen molar-refractivity contribution < 1.29 is 4.79 Å². The Labute approximate surface area is 153 Å². The molecule has 0 fully saturated rings. The Morgan fingerprint density at radius 2 is 1.92 bits per heavy atom. The Kier molecular flexibility index (Phi) is 5.76. The fourth-order valence-electron chi connectivity index (χ4n) is 2.61. The van der Waals surface area contributed by atoms with Crippen molar-refractivity contribution in [3.8, 4) is 0 Å². The highest BCUT2D eigenvalue weighted by molar-refractivity contribution is 5.93. The summed E-state index contributed by atoms with van der Waals surface area (Å²) in [6.45, 7) is 3.17. The van der Waals surface area contributed by atoms with Gasteiger partial charge in [-0.3, -0.25) is 19.4 Å². The number of nitrogens with zero attached hydrogens (tertiary/aromatic N) is 4. The van der Waals surface area contributed by atoms with Crippen LogP contribution in [0.4, 0.5) is 5.82 Å². The quantitative estimate of drug-likeness (QED) is 0.712. The maximum Gasteiger partial charge on any atom is 0.242 e. The third-order valence-electron chi connectivity index (χ3n) is 4.26. The molecule has 0 aliphatic carbocycles. The molecule has 1 N–H and O–H groups in total. The molecule has 0 saturated heterocycles. The summed E-state index contributed by atoms with van der Waals surface area (Å²) in [7, 11) is 1.94. The van der Waals surface area contributed by atoms with Crippen LogP contribution in [0.1, 0.15) is 18.2 Å². The second-order valence-electron chi connectivity index (χ2n) is 6.29. The normalized spacial score (nSPS) is 12.1. The molecule has 0 spiro atoms. The van der Waals surface area contributed by atoms with Gasteiger partial charge in [0.2, 0.25) is 5.91 Å². The lowest BCUT2D eigenvalue weighted by atomic mass is 10.2. The van der Waals surface area contributed by atoms with Crippen LogP contribution in [-0.2, 0) is 17.9 Å². The Hall–Kier alpha value is -2.99. The van der Waals surface area contributed by atoms with Crippen LogP contribution in [0.15, 0.2) is 67.0 Å². The molecule has 0 saturated carbocycles. The van der Waals surface area contributed by atoms with Gasteiger partial charge in [0.15, 0.2) is 5.82 Å². The Morgan fingerprint density at radius 3 is 2.65 bits per heavy atom. The van der Waals surface area contributed by atoms with Crippen molar-refractivity contribution in [1.82, 2.24) is 19.7 Å². The molecule has 134 valence electrons. The first-order valence-corrected chi connectivity index (χ1v) is 8.60. The van der Waals surface area contributed by atoms with Gasteiger partial charge in [-0.15, -0.1) is 0 Å². The number of hydrogen-bond acceptors (Lipinski definition) is 4. The number of carbonyl (C=O) groups excluding carboxylic acids is 1. The highest BCUT2D eigenvalue weighted by Gasteiger charge is 2.19. The summed E-state index contributed by atoms with van der Waals surface area (Å²) in [6, 6.07) is 17.4. The first kappa shape index (κ1) is 17.8. The molecular weight excluding hydrogens is 326 g/mol. The third-order valence-corrected chi connectivity index (χ3v) is 4.26. The molecule has 0 radical (unpaired) electrons. The Morgan fingerprint density at radius 1 is 1.15 bits per heavy atom. The van der Waals surface area contributed by atoms with E-state index in [0.717, 1.165) is 5.69 Å². The second-order valence-corrected chi connectivity index (χ2v) is 6.29. The number of pyridine rings is 1. The number of anilines is 1. The highest BCUT2D eigenvalue weighted by atomic mass is 16.2. The van der Waals surface area contributed by atoms with Gasteiger partial charge in [-0.2, -0.15) is 5.10 Å². The van der Waals surface area contributed by atoms with Crippen molar-refractivity contribution in [2.24, 2.45) is 0 Å². The minimum atomic E-state index is -0.267. The average molecular weight is 349 g/mol. The summed E-state index contributed by atoms with van der Waals surface area (Å²) in [5.41, 5.74) is 2.10. The van der Waals surface area contributed by atoms with E-state index in [1.165, 1.54) is 5.56 Å². The van der Waals surface area contributed by atoms with Crippen LogP contribution in [0.3, 0.4) is 0 Å². The molecular formula is C20H23N5O. The Bertz CT molecular complexity index is 832. The molecule has 0 aliphatic rings. The standard InChI is InChI=1S/C20H23N5O/c1-16(24(2)14-17-8-4-3-5-9-17)20(26)22-19-11-13-25(23-19)15-18-10-6-7-12-21-18/h3-13,16H,14-15H2,1-2H3,(H,22,23,26)/t16-/m1/s1. The summed E-state index contributed by atoms with van der Waals surface area (Å²) < 4.78 is 1.76. The van der Waals surface area contributed by atoms with E-state index in [1.54, 1.807) is 16.9 Å². The first-order valence-electron chi connectivity index (χ1n) is 8.60. The van der Waals surface area contributed by atoms with Gasteiger partial charge >= 0.3 is 0 Å². The SMILES string of the molecule is C[C@H](C(=O)Nc1ccn(Cc2ccccn2)n1)N(C)Cc1ccccc1. The van der Waals surface area contributed by atoms with E-state index in [4.69, 9.17) is 0 Å². The van der Waals surface area contributed by atoms with Crippen molar-refractivity contribution in [2.45, 2.75) is 26.1 Å². The lowest BCUT2D eigenvalue weighted by molar-refractivity contribution is -0.120. The van der Waals surface area contributed by atoms with Crippen molar-refractivity contribution in [3.05, 3.63) is 78.2 Å². The lowest BCUT2D eigenvalue weighted by Gasteiger charge is -2.23. The van der Waals surface area contributed by atoms with Crippen LogP contribution in [0, 0.1) is 0 Å². The minimum absolute atomic E-state index is 0.0773. The van der Waals surface area contributed by atoms with Crippen molar-refractivity contribution in [3.63, 3.8) is 0 Å². The zero-order chi connectivity index (χ0) is 18.4. The Balaban J connectivity index is 1.55. The fourth-order valence-corrected chi connectivity index (χ4v) is 2.61. The molecule has 2 heterocycles. The number of carbonyl (C=O) groups is 1. The van der Waals surface area contributed by atoms with E-state index >= 15 is 0 Å². The number of likely N-dealkylation sites (N-methyl/N-ethyl adjacent to an activating group) is 1. The van der Waals surface area contributed by atoms with Gasteiger partial charge in [0.1, 0.15) is 0 Å². The summed E-state index contributed by atoms with van der Waals surface area (Å²) >= 11 is 0. The molecule has 6 nitrogen and oxygen atoms in total. The molecule has 26 heavy (non-hydrogen) atoms. The summed E-state index contributed by atoms with van der Waals surface area (Å²) in [6.07, 6.45) is 3.59. The van der Waals surface area contributed by atoms with E-state index in [1.807, 2.05) is 61.5 Å². The van der Waals surface area contributed by atoms with Crippen LogP contribution in [0.5, 0.6) is 0 Å². The largest absolute Gasteiger partial charge is 0.308 e. The molecule has 6 heteroatoms. The monoisotopic (exact) mass is 349 g/mol. The van der Waals surface area contributed by atoms with E-state index in [2.05, 4.69) is 27.5 Å². The molecule has 1 amide bonds. The predicted octanol–water partition coefficient (Wildman–Crippen LogP) is 2.79. The van der Waals surface area contributed by atoms with E-state index in [-0.39, 0.29) is 11.9 Å². The van der Waals surface area contributed by atoms with E-state index < -0.39 is 0 Å². The number of hydrogen-bond donors (Lipinski definition) is 1. The average Bonchev–Trinajstić information content (AvgIpc) is 3.09. The van der Waals surface area contributed by atoms with Gasteiger partial charge in [-0.1, -0.05) is 36.4 Å². The maximum atomic E-state index is 12.5. The zero-order valence-electron chi connectivity index (χ0n) is 15.0. The smallest absolute Gasteiger partial charge is 0.242 e. The number of amides is 1. The second kappa shape index (κ2) is 8.40. The summed E-state index contributed by atoms with van der Waals surface area (Å²) in [5, 5.41) is 7.28. The number of aromatic nitrogens is 3. The minimum Gasteiger partial charge on any atom is -0.308 e. The molecule has 2 aromatic heterocycles. The maximum absolute atomic E-state index is 12.5. The van der Waals surface area contributed by atoms with Gasteiger partial charge in [0.05, 0.1) is 18.3 Å². The molecule has 1 aromatic carbocycles. The van der Waals surface area contributed by atoms with Crippen molar-refractivity contribution in [1.29, 1.82) is 0 Å². The number of benzene rings is 1. The van der Waals surface area contributed by atoms with Crippen LogP contribution in [-0.4, -0.2) is 38.7 Å².